The van der Waals surface area contributed by atoms with Crippen molar-refractivity contribution in [3.05, 3.63) is 17.8 Å². The van der Waals surface area contributed by atoms with Gasteiger partial charge in [0.1, 0.15) is 6.26 Å². The zero-order valence-electron chi connectivity index (χ0n) is 9.83. The first-order valence-electron chi connectivity index (χ1n) is 5.33. The van der Waals surface area contributed by atoms with Crippen LogP contribution < -0.4 is 0 Å². The molecule has 0 unspecified atom stereocenters. The highest BCUT2D eigenvalue weighted by Gasteiger charge is 2.20. The highest BCUT2D eigenvalue weighted by molar-refractivity contribution is 5.86. The topological polar surface area (TPSA) is 52.3 Å². The van der Waals surface area contributed by atoms with Crippen LogP contribution >= 0.6 is 0 Å². The van der Waals surface area contributed by atoms with Crippen LogP contribution in [0.15, 0.2) is 10.7 Å². The Hall–Kier alpha value is -1.46. The number of unbranched alkanes of at least 4 members (excludes halogenated alkanes) is 1. The molecule has 0 aromatic carbocycles. The summed E-state index contributed by atoms with van der Waals surface area (Å²) in [6.45, 7) is 0.896. The highest BCUT2D eigenvalue weighted by Crippen LogP contribution is 2.20. The van der Waals surface area contributed by atoms with Gasteiger partial charge in [0.25, 0.3) is 0 Å². The van der Waals surface area contributed by atoms with Crippen molar-refractivity contribution in [2.75, 3.05) is 7.11 Å². The van der Waals surface area contributed by atoms with Crippen molar-refractivity contribution in [1.29, 1.82) is 0 Å². The van der Waals surface area contributed by atoms with Gasteiger partial charge >= 0.3 is 5.97 Å². The number of oxazole rings is 1. The molecule has 0 saturated carbocycles. The van der Waals surface area contributed by atoms with E-state index in [9.17, 15) is 13.6 Å². The van der Waals surface area contributed by atoms with Crippen LogP contribution in [0.25, 0.3) is 0 Å². The standard InChI is InChI=1S/C11H15F2NO3/c1-11(12,13)6-4-3-5-9-14-8(7-17-9)10(15)16-2/h7H,3-6H2,1-2H3. The van der Waals surface area contributed by atoms with Crippen molar-refractivity contribution in [2.24, 2.45) is 0 Å². The van der Waals surface area contributed by atoms with Crippen molar-refractivity contribution in [3.63, 3.8) is 0 Å². The summed E-state index contributed by atoms with van der Waals surface area (Å²) in [5.74, 6) is -2.83. The Balaban J connectivity index is 2.33. The molecule has 17 heavy (non-hydrogen) atoms. The van der Waals surface area contributed by atoms with Gasteiger partial charge in [0.05, 0.1) is 7.11 Å². The normalized spacial score (nSPS) is 11.5. The minimum atomic E-state index is -2.63. The summed E-state index contributed by atoms with van der Waals surface area (Å²) >= 11 is 0. The van der Waals surface area contributed by atoms with Gasteiger partial charge in [-0.25, -0.2) is 18.6 Å². The molecule has 6 heteroatoms. The first-order chi connectivity index (χ1) is 7.92. The van der Waals surface area contributed by atoms with E-state index < -0.39 is 11.9 Å². The Morgan fingerprint density at radius 1 is 1.53 bits per heavy atom. The summed E-state index contributed by atoms with van der Waals surface area (Å²) in [5, 5.41) is 0. The maximum absolute atomic E-state index is 12.5. The molecular weight excluding hydrogens is 232 g/mol. The summed E-state index contributed by atoms with van der Waals surface area (Å²) in [7, 11) is 1.25. The molecule has 0 N–H and O–H groups in total. The monoisotopic (exact) mass is 247 g/mol. The second-order valence-electron chi connectivity index (χ2n) is 3.90. The fourth-order valence-corrected chi connectivity index (χ4v) is 1.34. The Labute approximate surface area is 98.0 Å². The van der Waals surface area contributed by atoms with Crippen molar-refractivity contribution in [1.82, 2.24) is 4.98 Å². The third-order valence-electron chi connectivity index (χ3n) is 2.20. The molecule has 0 bridgehead atoms. The second-order valence-corrected chi connectivity index (χ2v) is 3.90. The number of hydrogen-bond donors (Lipinski definition) is 0. The van der Waals surface area contributed by atoms with Crippen LogP contribution in [0.4, 0.5) is 8.78 Å². The molecule has 0 fully saturated rings. The van der Waals surface area contributed by atoms with Gasteiger partial charge in [-0.1, -0.05) is 0 Å². The van der Waals surface area contributed by atoms with Gasteiger partial charge in [0.15, 0.2) is 11.6 Å². The number of ether oxygens (including phenoxy) is 1. The van der Waals surface area contributed by atoms with E-state index in [0.717, 1.165) is 6.92 Å². The lowest BCUT2D eigenvalue weighted by molar-refractivity contribution is 0.0104. The van der Waals surface area contributed by atoms with Crippen LogP contribution in [0.5, 0.6) is 0 Å². The maximum atomic E-state index is 12.5. The van der Waals surface area contributed by atoms with Gasteiger partial charge in [-0.05, 0) is 19.8 Å². The summed E-state index contributed by atoms with van der Waals surface area (Å²) < 4.78 is 34.5. The Morgan fingerprint density at radius 2 is 2.24 bits per heavy atom. The first-order valence-corrected chi connectivity index (χ1v) is 5.33. The van der Waals surface area contributed by atoms with E-state index in [-0.39, 0.29) is 12.1 Å². The second kappa shape index (κ2) is 5.75. The van der Waals surface area contributed by atoms with Crippen LogP contribution in [-0.2, 0) is 11.2 Å². The smallest absolute Gasteiger partial charge is 0.360 e. The van der Waals surface area contributed by atoms with Gasteiger partial charge in [0, 0.05) is 12.8 Å². The number of aryl methyl sites for hydroxylation is 1. The average Bonchev–Trinajstić information content (AvgIpc) is 2.70. The summed E-state index contributed by atoms with van der Waals surface area (Å²) in [4.78, 5) is 14.9. The molecule has 1 aromatic rings. The number of nitrogens with zero attached hydrogens (tertiary/aromatic N) is 1. The molecular formula is C11H15F2NO3. The number of alkyl halides is 2. The largest absolute Gasteiger partial charge is 0.464 e. The van der Waals surface area contributed by atoms with E-state index >= 15 is 0 Å². The predicted molar refractivity (Wildman–Crippen MR) is 56.0 cm³/mol. The number of rotatable bonds is 6. The number of methoxy groups -OCH3 is 1. The molecule has 0 aliphatic carbocycles. The van der Waals surface area contributed by atoms with E-state index in [1.807, 2.05) is 0 Å². The Bertz CT molecular complexity index is 371. The molecule has 96 valence electrons. The Kier molecular flexibility index (Phi) is 4.60. The zero-order chi connectivity index (χ0) is 12.9. The van der Waals surface area contributed by atoms with Crippen LogP contribution in [-0.4, -0.2) is 24.0 Å². The van der Waals surface area contributed by atoms with Crippen molar-refractivity contribution in [3.8, 4) is 0 Å². The Morgan fingerprint density at radius 3 is 2.82 bits per heavy atom. The lowest BCUT2D eigenvalue weighted by Crippen LogP contribution is -2.08. The molecule has 0 spiro atoms. The fraction of sp³-hybridized carbons (Fsp3) is 0.636. The van der Waals surface area contributed by atoms with Gasteiger partial charge in [0.2, 0.25) is 5.92 Å². The predicted octanol–water partition coefficient (Wildman–Crippen LogP) is 2.83. The third kappa shape index (κ3) is 4.93. The van der Waals surface area contributed by atoms with Gasteiger partial charge < -0.3 is 9.15 Å². The SMILES string of the molecule is COC(=O)c1coc(CCCCC(C)(F)F)n1. The molecule has 1 rings (SSSR count). The molecule has 0 atom stereocenters. The number of hydrogen-bond acceptors (Lipinski definition) is 4. The van der Waals surface area contributed by atoms with Crippen LogP contribution in [0, 0.1) is 0 Å². The first kappa shape index (κ1) is 13.6. The van der Waals surface area contributed by atoms with E-state index in [1.54, 1.807) is 0 Å². The van der Waals surface area contributed by atoms with Crippen LogP contribution in [0.2, 0.25) is 0 Å². The lowest BCUT2D eigenvalue weighted by Gasteiger charge is -2.08. The minimum absolute atomic E-state index is 0.100. The van der Waals surface area contributed by atoms with E-state index in [0.29, 0.717) is 25.2 Å². The van der Waals surface area contributed by atoms with Gasteiger partial charge in [-0.2, -0.15) is 0 Å². The fourth-order valence-electron chi connectivity index (χ4n) is 1.34. The van der Waals surface area contributed by atoms with Crippen molar-refractivity contribution in [2.45, 2.75) is 38.5 Å². The number of carbonyl (C=O) groups is 1. The molecule has 0 radical (unpaired) electrons. The quantitative estimate of drug-likeness (QED) is 0.573. The van der Waals surface area contributed by atoms with E-state index in [2.05, 4.69) is 9.72 Å². The summed E-state index contributed by atoms with van der Waals surface area (Å²) in [5.41, 5.74) is 0.100. The van der Waals surface area contributed by atoms with Gasteiger partial charge in [-0.15, -0.1) is 0 Å². The molecule has 0 aliphatic heterocycles. The average molecular weight is 247 g/mol. The number of halogens is 2. The van der Waals surface area contributed by atoms with Crippen LogP contribution in [0.3, 0.4) is 0 Å². The zero-order valence-corrected chi connectivity index (χ0v) is 9.83. The molecule has 0 amide bonds. The highest BCUT2D eigenvalue weighted by atomic mass is 19.3. The van der Waals surface area contributed by atoms with E-state index in [1.165, 1.54) is 13.4 Å². The molecule has 1 aromatic heterocycles. The van der Waals surface area contributed by atoms with Crippen molar-refractivity contribution < 1.29 is 22.7 Å². The molecule has 4 nitrogen and oxygen atoms in total. The summed E-state index contributed by atoms with van der Waals surface area (Å²) in [6.07, 6.45) is 2.42. The number of carbonyl (C=O) groups excluding carboxylic acids is 1. The van der Waals surface area contributed by atoms with Crippen molar-refractivity contribution >= 4 is 5.97 Å². The minimum Gasteiger partial charge on any atom is -0.464 e. The molecule has 0 aliphatic rings. The number of aromatic nitrogens is 1. The lowest BCUT2D eigenvalue weighted by atomic mass is 10.1. The van der Waals surface area contributed by atoms with Gasteiger partial charge in [-0.3, -0.25) is 0 Å². The molecule has 0 saturated heterocycles. The summed E-state index contributed by atoms with van der Waals surface area (Å²) in [6, 6.07) is 0. The third-order valence-corrected chi connectivity index (χ3v) is 2.20. The molecule has 1 heterocycles. The maximum Gasteiger partial charge on any atom is 0.360 e. The van der Waals surface area contributed by atoms with E-state index in [4.69, 9.17) is 4.42 Å². The van der Waals surface area contributed by atoms with Crippen LogP contribution in [0.1, 0.15) is 42.6 Å². The number of esters is 1.